The largest absolute Gasteiger partial charge is 0.478 e. The molecule has 0 aliphatic carbocycles. The van der Waals surface area contributed by atoms with E-state index in [2.05, 4.69) is 11.2 Å². The fourth-order valence-corrected chi connectivity index (χ4v) is 2.38. The number of aryl methyl sites for hydroxylation is 1. The number of aromatic nitrogens is 2. The fraction of sp³-hybridized carbons (Fsp3) is 0.105. The molecule has 0 amide bonds. The molecule has 0 saturated carbocycles. The minimum atomic E-state index is -0.977. The molecule has 0 aliphatic rings. The molecule has 0 bridgehead atoms. The SMILES string of the molecule is C.Cc1ccccc1-c1nn(-c2ccc(C(=O)O)cc2)cc1C#N. The van der Waals surface area contributed by atoms with E-state index in [0.29, 0.717) is 16.9 Å². The zero-order chi connectivity index (χ0) is 16.4. The Morgan fingerprint density at radius 1 is 1.17 bits per heavy atom. The Labute approximate surface area is 140 Å². The minimum absolute atomic E-state index is 0. The molecule has 0 spiro atoms. The molecule has 1 aromatic heterocycles. The molecule has 3 rings (SSSR count). The van der Waals surface area contributed by atoms with Crippen molar-refractivity contribution in [1.82, 2.24) is 9.78 Å². The topological polar surface area (TPSA) is 78.9 Å². The third-order valence-electron chi connectivity index (χ3n) is 3.61. The van der Waals surface area contributed by atoms with Gasteiger partial charge in [0.2, 0.25) is 0 Å². The van der Waals surface area contributed by atoms with E-state index in [0.717, 1.165) is 11.1 Å². The van der Waals surface area contributed by atoms with Gasteiger partial charge in [-0.2, -0.15) is 10.4 Å². The molecule has 5 nitrogen and oxygen atoms in total. The van der Waals surface area contributed by atoms with Crippen molar-refractivity contribution < 1.29 is 9.90 Å². The van der Waals surface area contributed by atoms with Crippen molar-refractivity contribution in [2.24, 2.45) is 0 Å². The number of carboxylic acid groups (broad SMARTS) is 1. The first-order valence-electron chi connectivity index (χ1n) is 6.99. The zero-order valence-corrected chi connectivity index (χ0v) is 12.4. The molecule has 0 atom stereocenters. The summed E-state index contributed by atoms with van der Waals surface area (Å²) in [6.45, 7) is 1.97. The Kier molecular flexibility index (Phi) is 4.81. The molecule has 120 valence electrons. The molecule has 0 saturated heterocycles. The molecule has 0 radical (unpaired) electrons. The van der Waals surface area contributed by atoms with Crippen LogP contribution in [0.25, 0.3) is 16.9 Å². The molecule has 2 aromatic carbocycles. The Bertz CT molecular complexity index is 919. The summed E-state index contributed by atoms with van der Waals surface area (Å²) in [6, 6.07) is 16.3. The van der Waals surface area contributed by atoms with Gasteiger partial charge in [0.25, 0.3) is 0 Å². The van der Waals surface area contributed by atoms with E-state index >= 15 is 0 Å². The van der Waals surface area contributed by atoms with Gasteiger partial charge >= 0.3 is 5.97 Å². The highest BCUT2D eigenvalue weighted by atomic mass is 16.4. The molecule has 3 aromatic rings. The van der Waals surface area contributed by atoms with Crippen molar-refractivity contribution in [1.29, 1.82) is 5.26 Å². The van der Waals surface area contributed by atoms with Crippen LogP contribution in [0.2, 0.25) is 0 Å². The lowest BCUT2D eigenvalue weighted by atomic mass is 10.0. The van der Waals surface area contributed by atoms with Crippen molar-refractivity contribution in [3.8, 4) is 23.0 Å². The summed E-state index contributed by atoms with van der Waals surface area (Å²) in [4.78, 5) is 10.9. The summed E-state index contributed by atoms with van der Waals surface area (Å²) < 4.78 is 1.59. The maximum atomic E-state index is 10.9. The van der Waals surface area contributed by atoms with E-state index in [-0.39, 0.29) is 13.0 Å². The van der Waals surface area contributed by atoms with Gasteiger partial charge in [0.1, 0.15) is 11.8 Å². The van der Waals surface area contributed by atoms with E-state index in [1.165, 1.54) is 12.1 Å². The fourth-order valence-electron chi connectivity index (χ4n) is 2.38. The van der Waals surface area contributed by atoms with E-state index in [4.69, 9.17) is 5.11 Å². The van der Waals surface area contributed by atoms with Crippen LogP contribution in [0.15, 0.2) is 54.7 Å². The molecule has 0 unspecified atom stereocenters. The first-order valence-corrected chi connectivity index (χ1v) is 6.99. The van der Waals surface area contributed by atoms with Gasteiger partial charge in [0.15, 0.2) is 0 Å². The Balaban J connectivity index is 0.00000208. The van der Waals surface area contributed by atoms with Crippen molar-refractivity contribution in [3.63, 3.8) is 0 Å². The molecule has 1 heterocycles. The van der Waals surface area contributed by atoms with Crippen LogP contribution in [0.4, 0.5) is 0 Å². The van der Waals surface area contributed by atoms with Crippen LogP contribution < -0.4 is 0 Å². The van der Waals surface area contributed by atoms with Crippen molar-refractivity contribution in [2.45, 2.75) is 14.4 Å². The zero-order valence-electron chi connectivity index (χ0n) is 12.4. The number of benzene rings is 2. The van der Waals surface area contributed by atoms with Crippen LogP contribution in [0, 0.1) is 18.3 Å². The summed E-state index contributed by atoms with van der Waals surface area (Å²) in [5.41, 5.74) is 3.95. The number of hydrogen-bond acceptors (Lipinski definition) is 3. The van der Waals surface area contributed by atoms with Crippen LogP contribution in [-0.4, -0.2) is 20.9 Å². The van der Waals surface area contributed by atoms with Crippen LogP contribution in [0.3, 0.4) is 0 Å². The summed E-state index contributed by atoms with van der Waals surface area (Å²) in [5, 5.41) is 22.8. The van der Waals surface area contributed by atoms with E-state index in [9.17, 15) is 10.1 Å². The van der Waals surface area contributed by atoms with Crippen LogP contribution in [-0.2, 0) is 0 Å². The van der Waals surface area contributed by atoms with Gasteiger partial charge < -0.3 is 5.11 Å². The minimum Gasteiger partial charge on any atom is -0.478 e. The van der Waals surface area contributed by atoms with Crippen molar-refractivity contribution >= 4 is 5.97 Å². The van der Waals surface area contributed by atoms with Gasteiger partial charge in [-0.15, -0.1) is 0 Å². The number of hydrogen-bond donors (Lipinski definition) is 1. The van der Waals surface area contributed by atoms with Crippen LogP contribution in [0.1, 0.15) is 28.9 Å². The number of nitrogens with zero attached hydrogens (tertiary/aromatic N) is 3. The highest BCUT2D eigenvalue weighted by molar-refractivity contribution is 5.87. The average molecular weight is 319 g/mol. The van der Waals surface area contributed by atoms with E-state index in [1.54, 1.807) is 23.0 Å². The summed E-state index contributed by atoms with van der Waals surface area (Å²) in [7, 11) is 0. The molecule has 0 aliphatic heterocycles. The van der Waals surface area contributed by atoms with E-state index < -0.39 is 5.97 Å². The van der Waals surface area contributed by atoms with Crippen LogP contribution >= 0.6 is 0 Å². The summed E-state index contributed by atoms with van der Waals surface area (Å²) in [5.74, 6) is -0.977. The van der Waals surface area contributed by atoms with E-state index in [1.807, 2.05) is 31.2 Å². The van der Waals surface area contributed by atoms with Gasteiger partial charge in [-0.05, 0) is 36.8 Å². The Hall–Kier alpha value is -3.39. The number of nitriles is 1. The van der Waals surface area contributed by atoms with Gasteiger partial charge in [-0.1, -0.05) is 31.7 Å². The molecule has 24 heavy (non-hydrogen) atoms. The van der Waals surface area contributed by atoms with Crippen molar-refractivity contribution in [2.75, 3.05) is 0 Å². The average Bonchev–Trinajstić information content (AvgIpc) is 2.99. The first-order chi connectivity index (χ1) is 11.1. The van der Waals surface area contributed by atoms with Crippen molar-refractivity contribution in [3.05, 3.63) is 71.4 Å². The molecular weight excluding hydrogens is 302 g/mol. The molecule has 5 heteroatoms. The molecule has 1 N–H and O–H groups in total. The van der Waals surface area contributed by atoms with Crippen LogP contribution in [0.5, 0.6) is 0 Å². The first kappa shape index (κ1) is 17.0. The molecular formula is C19H17N3O2. The second-order valence-corrected chi connectivity index (χ2v) is 5.11. The third-order valence-corrected chi connectivity index (χ3v) is 3.61. The Morgan fingerprint density at radius 3 is 2.42 bits per heavy atom. The highest BCUT2D eigenvalue weighted by Crippen LogP contribution is 2.26. The lowest BCUT2D eigenvalue weighted by molar-refractivity contribution is 0.0697. The second-order valence-electron chi connectivity index (χ2n) is 5.11. The third kappa shape index (κ3) is 3.03. The van der Waals surface area contributed by atoms with Gasteiger partial charge in [0, 0.05) is 11.8 Å². The smallest absolute Gasteiger partial charge is 0.335 e. The summed E-state index contributed by atoms with van der Waals surface area (Å²) in [6.07, 6.45) is 1.65. The molecule has 0 fully saturated rings. The summed E-state index contributed by atoms with van der Waals surface area (Å²) >= 11 is 0. The monoisotopic (exact) mass is 319 g/mol. The van der Waals surface area contributed by atoms with Gasteiger partial charge in [0.05, 0.1) is 16.8 Å². The normalized spacial score (nSPS) is 9.83. The number of rotatable bonds is 3. The number of carboxylic acids is 1. The lowest BCUT2D eigenvalue weighted by Crippen LogP contribution is -1.99. The van der Waals surface area contributed by atoms with Gasteiger partial charge in [-0.25, -0.2) is 9.48 Å². The quantitative estimate of drug-likeness (QED) is 0.789. The maximum absolute atomic E-state index is 10.9. The highest BCUT2D eigenvalue weighted by Gasteiger charge is 2.13. The number of carbonyl (C=O) groups is 1. The number of aromatic carboxylic acids is 1. The predicted molar refractivity (Wildman–Crippen MR) is 92.1 cm³/mol. The predicted octanol–water partition coefficient (Wildman–Crippen LogP) is 4.05. The second kappa shape index (κ2) is 6.80. The Morgan fingerprint density at radius 2 is 1.83 bits per heavy atom. The maximum Gasteiger partial charge on any atom is 0.335 e. The lowest BCUT2D eigenvalue weighted by Gasteiger charge is -2.03. The van der Waals surface area contributed by atoms with Gasteiger partial charge in [-0.3, -0.25) is 0 Å². The standard InChI is InChI=1S/C18H13N3O2.CH4/c1-12-4-2-3-5-16(12)17-14(10-19)11-21(20-17)15-8-6-13(7-9-15)18(22)23;/h2-9,11H,1H3,(H,22,23);1H4.